The Morgan fingerprint density at radius 1 is 1.38 bits per heavy atom. The van der Waals surface area contributed by atoms with Crippen LogP contribution < -0.4 is 15.8 Å². The molecule has 0 saturated carbocycles. The number of benzene rings is 1. The monoisotopic (exact) mass is 332 g/mol. The number of hydrogen-bond donors (Lipinski definition) is 3. The highest BCUT2D eigenvalue weighted by Gasteiger charge is 2.17. The Morgan fingerprint density at radius 2 is 2.12 bits per heavy atom. The van der Waals surface area contributed by atoms with Gasteiger partial charge in [0, 0.05) is 17.8 Å². The molecule has 1 aromatic heterocycles. The molecule has 4 N–H and O–H groups in total. The Labute approximate surface area is 145 Å². The highest BCUT2D eigenvalue weighted by molar-refractivity contribution is 6.00. The van der Waals surface area contributed by atoms with E-state index in [4.69, 9.17) is 14.6 Å². The lowest BCUT2D eigenvalue weighted by molar-refractivity contribution is 0.0944. The highest BCUT2D eigenvalue weighted by atomic mass is 16.5. The SMILES string of the molecule is [2H]C([2H])([2H])Oc1cc(-c2cc(C)[nH]c2C(N)=O)ccc1C(=O)NCC(C)C. The predicted molar refractivity (Wildman–Crippen MR) is 93.2 cm³/mol. The summed E-state index contributed by atoms with van der Waals surface area (Å²) in [5, 5.41) is 2.73. The van der Waals surface area contributed by atoms with Gasteiger partial charge in [-0.25, -0.2) is 0 Å². The summed E-state index contributed by atoms with van der Waals surface area (Å²) in [5.74, 6) is -0.936. The van der Waals surface area contributed by atoms with Gasteiger partial charge < -0.3 is 20.8 Å². The zero-order valence-electron chi connectivity index (χ0n) is 16.9. The molecule has 0 unspecified atom stereocenters. The molecule has 0 radical (unpaired) electrons. The van der Waals surface area contributed by atoms with E-state index in [1.54, 1.807) is 19.1 Å². The predicted octanol–water partition coefficient (Wildman–Crippen LogP) is 2.48. The van der Waals surface area contributed by atoms with E-state index in [-0.39, 0.29) is 22.9 Å². The molecular weight excluding hydrogens is 306 g/mol. The van der Waals surface area contributed by atoms with Gasteiger partial charge in [-0.2, -0.15) is 0 Å². The van der Waals surface area contributed by atoms with Gasteiger partial charge >= 0.3 is 0 Å². The third kappa shape index (κ3) is 3.76. The van der Waals surface area contributed by atoms with Crippen LogP contribution in [0.15, 0.2) is 24.3 Å². The fraction of sp³-hybridized carbons (Fsp3) is 0.333. The average Bonchev–Trinajstić information content (AvgIpc) is 2.93. The molecule has 1 heterocycles. The number of methoxy groups -OCH3 is 1. The van der Waals surface area contributed by atoms with Gasteiger partial charge in [0.05, 0.1) is 16.7 Å². The van der Waals surface area contributed by atoms with Gasteiger partial charge in [-0.05, 0) is 36.6 Å². The number of H-pyrrole nitrogens is 1. The van der Waals surface area contributed by atoms with Gasteiger partial charge in [-0.15, -0.1) is 0 Å². The van der Waals surface area contributed by atoms with Crippen molar-refractivity contribution in [3.63, 3.8) is 0 Å². The van der Waals surface area contributed by atoms with E-state index in [1.807, 2.05) is 13.8 Å². The molecule has 2 aromatic rings. The summed E-state index contributed by atoms with van der Waals surface area (Å²) < 4.78 is 27.1. The van der Waals surface area contributed by atoms with E-state index in [2.05, 4.69) is 10.3 Å². The summed E-state index contributed by atoms with van der Waals surface area (Å²) in [6, 6.07) is 6.23. The van der Waals surface area contributed by atoms with Gasteiger partial charge in [0.15, 0.2) is 0 Å². The van der Waals surface area contributed by atoms with Gasteiger partial charge in [-0.3, -0.25) is 9.59 Å². The number of primary amides is 1. The molecule has 0 fully saturated rings. The van der Waals surface area contributed by atoms with E-state index in [9.17, 15) is 9.59 Å². The van der Waals surface area contributed by atoms with Crippen molar-refractivity contribution < 1.29 is 18.4 Å². The number of nitrogens with two attached hydrogens (primary N) is 1. The number of rotatable bonds is 6. The second-order valence-corrected chi connectivity index (χ2v) is 6.02. The summed E-state index contributed by atoms with van der Waals surface area (Å²) in [7, 11) is -2.73. The van der Waals surface area contributed by atoms with Crippen molar-refractivity contribution in [1.82, 2.24) is 10.3 Å². The summed E-state index contributed by atoms with van der Waals surface area (Å²) >= 11 is 0. The molecule has 128 valence electrons. The molecule has 0 saturated heterocycles. The summed E-state index contributed by atoms with van der Waals surface area (Å²) in [6.45, 7) is 6.10. The number of aromatic nitrogens is 1. The van der Waals surface area contributed by atoms with Crippen LogP contribution in [0.4, 0.5) is 0 Å². The average molecular weight is 332 g/mol. The van der Waals surface area contributed by atoms with Crippen LogP contribution in [0.1, 0.15) is 44.5 Å². The minimum Gasteiger partial charge on any atom is -0.496 e. The molecule has 0 bridgehead atoms. The van der Waals surface area contributed by atoms with Crippen molar-refractivity contribution in [2.24, 2.45) is 11.7 Å². The maximum absolute atomic E-state index is 12.4. The minimum atomic E-state index is -2.73. The molecule has 1 aromatic carbocycles. The van der Waals surface area contributed by atoms with Gasteiger partial charge in [-0.1, -0.05) is 19.9 Å². The molecule has 6 heteroatoms. The Bertz CT molecular complexity index is 857. The lowest BCUT2D eigenvalue weighted by Crippen LogP contribution is -2.27. The van der Waals surface area contributed by atoms with Crippen molar-refractivity contribution in [2.75, 3.05) is 13.6 Å². The number of amides is 2. The molecular formula is C18H23N3O3. The zero-order chi connectivity index (χ0) is 20.4. The van der Waals surface area contributed by atoms with Crippen LogP contribution in [0.25, 0.3) is 11.1 Å². The van der Waals surface area contributed by atoms with E-state index >= 15 is 0 Å². The fourth-order valence-corrected chi connectivity index (χ4v) is 2.37. The smallest absolute Gasteiger partial charge is 0.265 e. The number of ether oxygens (including phenoxy) is 1. The third-order valence-corrected chi connectivity index (χ3v) is 3.52. The maximum Gasteiger partial charge on any atom is 0.265 e. The van der Waals surface area contributed by atoms with E-state index in [0.717, 1.165) is 5.69 Å². The number of aromatic amines is 1. The quantitative estimate of drug-likeness (QED) is 0.758. The van der Waals surface area contributed by atoms with Gasteiger partial charge in [0.2, 0.25) is 0 Å². The molecule has 6 nitrogen and oxygen atoms in total. The molecule has 0 aliphatic rings. The zero-order valence-corrected chi connectivity index (χ0v) is 13.9. The molecule has 0 atom stereocenters. The topological polar surface area (TPSA) is 97.2 Å². The van der Waals surface area contributed by atoms with E-state index in [1.165, 1.54) is 12.1 Å². The van der Waals surface area contributed by atoms with Crippen molar-refractivity contribution in [2.45, 2.75) is 20.8 Å². The lowest BCUT2D eigenvalue weighted by Gasteiger charge is -2.12. The number of nitrogens with one attached hydrogen (secondary N) is 2. The minimum absolute atomic E-state index is 0.0944. The van der Waals surface area contributed by atoms with Crippen molar-refractivity contribution in [3.05, 3.63) is 41.2 Å². The second kappa shape index (κ2) is 7.21. The molecule has 0 aliphatic carbocycles. The lowest BCUT2D eigenvalue weighted by atomic mass is 10.0. The first-order valence-electron chi connectivity index (χ1n) is 9.09. The van der Waals surface area contributed by atoms with E-state index < -0.39 is 18.9 Å². The van der Waals surface area contributed by atoms with Crippen LogP contribution in [0.5, 0.6) is 5.75 Å². The van der Waals surface area contributed by atoms with Crippen molar-refractivity contribution in [1.29, 1.82) is 0 Å². The van der Waals surface area contributed by atoms with Gasteiger partial charge in [0.25, 0.3) is 11.8 Å². The van der Waals surface area contributed by atoms with Crippen LogP contribution in [0, 0.1) is 12.8 Å². The molecule has 2 amide bonds. The first-order valence-corrected chi connectivity index (χ1v) is 7.59. The first kappa shape index (κ1) is 13.7. The fourth-order valence-electron chi connectivity index (χ4n) is 2.37. The maximum atomic E-state index is 12.4. The Hall–Kier alpha value is -2.76. The van der Waals surface area contributed by atoms with Crippen LogP contribution >= 0.6 is 0 Å². The van der Waals surface area contributed by atoms with Crippen LogP contribution in [0.3, 0.4) is 0 Å². The Morgan fingerprint density at radius 3 is 2.75 bits per heavy atom. The normalized spacial score (nSPS) is 13.1. The summed E-state index contributed by atoms with van der Waals surface area (Å²) in [5.41, 5.74) is 7.42. The number of aryl methyl sites for hydroxylation is 1. The second-order valence-electron chi connectivity index (χ2n) is 6.02. The van der Waals surface area contributed by atoms with Gasteiger partial charge in [0.1, 0.15) is 11.4 Å². The highest BCUT2D eigenvalue weighted by Crippen LogP contribution is 2.30. The third-order valence-electron chi connectivity index (χ3n) is 3.52. The first-order chi connectivity index (χ1) is 12.5. The van der Waals surface area contributed by atoms with Crippen molar-refractivity contribution >= 4 is 11.8 Å². The summed E-state index contributed by atoms with van der Waals surface area (Å²) in [6.07, 6.45) is 0. The summed E-state index contributed by atoms with van der Waals surface area (Å²) in [4.78, 5) is 27.0. The van der Waals surface area contributed by atoms with Crippen LogP contribution in [-0.4, -0.2) is 30.4 Å². The standard InChI is InChI=1S/C18H23N3O3/c1-10(2)9-20-18(23)13-6-5-12(8-15(13)24-4)14-7-11(3)21-16(14)17(19)22/h5-8,10,21H,9H2,1-4H3,(H2,19,22)(H,20,23)/i4D3. The van der Waals surface area contributed by atoms with Crippen molar-refractivity contribution in [3.8, 4) is 16.9 Å². The molecule has 24 heavy (non-hydrogen) atoms. The largest absolute Gasteiger partial charge is 0.496 e. The van der Waals surface area contributed by atoms with Crippen LogP contribution in [-0.2, 0) is 0 Å². The van der Waals surface area contributed by atoms with E-state index in [0.29, 0.717) is 17.7 Å². The number of carbonyl (C=O) groups is 2. The molecule has 0 aliphatic heterocycles. The number of carbonyl (C=O) groups excluding carboxylic acids is 2. The number of hydrogen-bond acceptors (Lipinski definition) is 3. The Balaban J connectivity index is 2.50. The van der Waals surface area contributed by atoms with Crippen LogP contribution in [0.2, 0.25) is 0 Å². The molecule has 2 rings (SSSR count). The molecule has 0 spiro atoms. The Kier molecular flexibility index (Phi) is 4.10.